The zero-order valence-electron chi connectivity index (χ0n) is 20.4. The molecule has 1 fully saturated rings. The maximum absolute atomic E-state index is 13.6. The van der Waals surface area contributed by atoms with Crippen LogP contribution in [0.3, 0.4) is 0 Å². The number of aromatic nitrogens is 1. The lowest BCUT2D eigenvalue weighted by molar-refractivity contribution is 0.113. The van der Waals surface area contributed by atoms with Crippen LogP contribution in [-0.2, 0) is 13.1 Å². The molecular formula is C29H28N2O5. The van der Waals surface area contributed by atoms with Gasteiger partial charge in [-0.3, -0.25) is 14.5 Å². The zero-order chi connectivity index (χ0) is 25.0. The third kappa shape index (κ3) is 3.71. The summed E-state index contributed by atoms with van der Waals surface area (Å²) in [7, 11) is 1.60. The Hall–Kier alpha value is -3.84. The lowest BCUT2D eigenvalue weighted by atomic mass is 9.83. The molecule has 0 spiro atoms. The number of rotatable bonds is 4. The van der Waals surface area contributed by atoms with Gasteiger partial charge in [0.05, 0.1) is 23.6 Å². The van der Waals surface area contributed by atoms with E-state index in [0.29, 0.717) is 52.6 Å². The van der Waals surface area contributed by atoms with Crippen LogP contribution in [0.25, 0.3) is 22.1 Å². The smallest absolute Gasteiger partial charge is 0.250 e. The number of phenols is 1. The summed E-state index contributed by atoms with van der Waals surface area (Å²) in [5.74, 6) is 1.97. The molecule has 184 valence electrons. The summed E-state index contributed by atoms with van der Waals surface area (Å²) >= 11 is 0. The summed E-state index contributed by atoms with van der Waals surface area (Å²) in [4.78, 5) is 28.2. The first-order chi connectivity index (χ1) is 17.4. The molecular weight excluding hydrogens is 456 g/mol. The highest BCUT2D eigenvalue weighted by Gasteiger charge is 2.35. The number of aryl methyl sites for hydroxylation is 1. The van der Waals surface area contributed by atoms with Gasteiger partial charge >= 0.3 is 0 Å². The first kappa shape index (κ1) is 22.6. The Morgan fingerprint density at radius 1 is 1.03 bits per heavy atom. The van der Waals surface area contributed by atoms with Crippen LogP contribution in [0, 0.1) is 12.8 Å². The van der Waals surface area contributed by atoms with Crippen molar-refractivity contribution >= 4 is 11.0 Å². The van der Waals surface area contributed by atoms with Crippen molar-refractivity contribution in [3.05, 3.63) is 92.2 Å². The highest BCUT2D eigenvalue weighted by molar-refractivity contribution is 5.86. The minimum atomic E-state index is -0.121. The molecule has 0 radical (unpaired) electrons. The molecule has 2 unspecified atom stereocenters. The second-order valence-electron chi connectivity index (χ2n) is 9.92. The third-order valence-electron chi connectivity index (χ3n) is 7.63. The molecule has 4 heterocycles. The van der Waals surface area contributed by atoms with Gasteiger partial charge in [-0.05, 0) is 55.2 Å². The third-order valence-corrected chi connectivity index (χ3v) is 7.63. The molecule has 0 amide bonds. The van der Waals surface area contributed by atoms with Crippen molar-refractivity contribution in [2.75, 3.05) is 20.2 Å². The fourth-order valence-electron chi connectivity index (χ4n) is 6.00. The number of nitrogens with zero attached hydrogens (tertiary/aromatic N) is 2. The van der Waals surface area contributed by atoms with Gasteiger partial charge in [-0.15, -0.1) is 0 Å². The number of phenolic OH excluding ortho intramolecular Hbond substituents is 1. The standard InChI is InChI=1S/C29H28N2O5/c1-17-27(19-6-8-21(35-2)9-7-19)28(34)22-10-11-25(32)23(29(22)36-17)16-30-13-18-12-20(15-30)24-4-3-5-26(33)31(24)14-18/h3-11,18,20,32H,12-16H2,1-2H3. The van der Waals surface area contributed by atoms with E-state index >= 15 is 0 Å². The lowest BCUT2D eigenvalue weighted by Crippen LogP contribution is -2.46. The second-order valence-corrected chi connectivity index (χ2v) is 9.92. The van der Waals surface area contributed by atoms with Crippen molar-refractivity contribution < 1.29 is 14.3 Å². The molecule has 1 N–H and O–H groups in total. The molecule has 2 aliphatic heterocycles. The normalized spacial score (nSPS) is 19.3. The Morgan fingerprint density at radius 3 is 2.61 bits per heavy atom. The molecule has 2 aromatic carbocycles. The van der Waals surface area contributed by atoms with Crippen molar-refractivity contribution in [3.8, 4) is 22.6 Å². The number of benzene rings is 2. The van der Waals surface area contributed by atoms with Crippen LogP contribution in [0.1, 0.15) is 29.4 Å². The molecule has 6 rings (SSSR count). The van der Waals surface area contributed by atoms with Crippen molar-refractivity contribution in [1.82, 2.24) is 9.47 Å². The number of pyridine rings is 1. The summed E-state index contributed by atoms with van der Waals surface area (Å²) in [6.07, 6.45) is 1.06. The van der Waals surface area contributed by atoms with E-state index in [1.807, 2.05) is 41.0 Å². The molecule has 2 atom stereocenters. The lowest BCUT2D eigenvalue weighted by Gasteiger charge is -2.42. The van der Waals surface area contributed by atoms with Gasteiger partial charge in [0.2, 0.25) is 5.43 Å². The summed E-state index contributed by atoms with van der Waals surface area (Å²) in [6.45, 7) is 4.57. The zero-order valence-corrected chi connectivity index (χ0v) is 20.4. The molecule has 7 nitrogen and oxygen atoms in total. The van der Waals surface area contributed by atoms with E-state index in [1.54, 1.807) is 32.2 Å². The molecule has 0 aliphatic carbocycles. The summed E-state index contributed by atoms with van der Waals surface area (Å²) in [5, 5.41) is 11.3. The van der Waals surface area contributed by atoms with E-state index in [9.17, 15) is 14.7 Å². The van der Waals surface area contributed by atoms with Crippen molar-refractivity contribution in [3.63, 3.8) is 0 Å². The predicted molar refractivity (Wildman–Crippen MR) is 138 cm³/mol. The van der Waals surface area contributed by atoms with Gasteiger partial charge in [0, 0.05) is 43.9 Å². The molecule has 2 aliphatic rings. The van der Waals surface area contributed by atoms with E-state index in [2.05, 4.69) is 4.90 Å². The number of piperidine rings is 1. The summed E-state index contributed by atoms with van der Waals surface area (Å²) in [5.41, 5.74) is 3.35. The first-order valence-electron chi connectivity index (χ1n) is 12.3. The molecule has 0 saturated carbocycles. The Labute approximate surface area is 208 Å². The van der Waals surface area contributed by atoms with Crippen LogP contribution < -0.4 is 15.7 Å². The topological polar surface area (TPSA) is 84.9 Å². The molecule has 36 heavy (non-hydrogen) atoms. The number of fused-ring (bicyclic) bond motifs is 5. The van der Waals surface area contributed by atoms with Crippen LogP contribution in [0.2, 0.25) is 0 Å². The molecule has 2 aromatic heterocycles. The van der Waals surface area contributed by atoms with Crippen LogP contribution in [0.15, 0.2) is 68.6 Å². The quantitative estimate of drug-likeness (QED) is 0.466. The number of likely N-dealkylation sites (tertiary alicyclic amines) is 1. The van der Waals surface area contributed by atoms with Gasteiger partial charge in [0.25, 0.3) is 5.56 Å². The Balaban J connectivity index is 1.37. The number of hydrogen-bond acceptors (Lipinski definition) is 6. The summed E-state index contributed by atoms with van der Waals surface area (Å²) < 4.78 is 13.4. The Morgan fingerprint density at radius 2 is 1.83 bits per heavy atom. The number of hydrogen-bond donors (Lipinski definition) is 1. The van der Waals surface area contributed by atoms with Crippen molar-refractivity contribution in [2.45, 2.75) is 32.4 Å². The van der Waals surface area contributed by atoms with Gasteiger partial charge in [-0.2, -0.15) is 0 Å². The average Bonchev–Trinajstić information content (AvgIpc) is 2.87. The number of methoxy groups -OCH3 is 1. The van der Waals surface area contributed by atoms with Crippen LogP contribution in [-0.4, -0.2) is 34.8 Å². The monoisotopic (exact) mass is 484 g/mol. The predicted octanol–water partition coefficient (Wildman–Crippen LogP) is 4.26. The average molecular weight is 485 g/mol. The van der Waals surface area contributed by atoms with E-state index in [4.69, 9.17) is 9.15 Å². The highest BCUT2D eigenvalue weighted by atomic mass is 16.5. The fourth-order valence-corrected chi connectivity index (χ4v) is 6.00. The maximum atomic E-state index is 13.6. The van der Waals surface area contributed by atoms with Gasteiger partial charge in [-0.1, -0.05) is 18.2 Å². The minimum Gasteiger partial charge on any atom is -0.507 e. The molecule has 1 saturated heterocycles. The molecule has 7 heteroatoms. The van der Waals surface area contributed by atoms with Gasteiger partial charge < -0.3 is 18.8 Å². The van der Waals surface area contributed by atoms with Crippen LogP contribution >= 0.6 is 0 Å². The van der Waals surface area contributed by atoms with Gasteiger partial charge in [0.1, 0.15) is 22.8 Å². The first-order valence-corrected chi connectivity index (χ1v) is 12.3. The van der Waals surface area contributed by atoms with E-state index < -0.39 is 0 Å². The SMILES string of the molecule is COc1ccc(-c2c(C)oc3c(CN4CC5CC(C4)c4cccc(=O)n4C5)c(O)ccc3c2=O)cc1. The van der Waals surface area contributed by atoms with Crippen molar-refractivity contribution in [1.29, 1.82) is 0 Å². The Bertz CT molecular complexity index is 1580. The molecule has 2 bridgehead atoms. The van der Waals surface area contributed by atoms with E-state index in [-0.39, 0.29) is 22.7 Å². The Kier molecular flexibility index (Phi) is 5.45. The number of aromatic hydroxyl groups is 1. The van der Waals surface area contributed by atoms with Crippen LogP contribution in [0.5, 0.6) is 11.5 Å². The van der Waals surface area contributed by atoms with E-state index in [1.165, 1.54) is 0 Å². The summed E-state index contributed by atoms with van der Waals surface area (Å²) in [6, 6.07) is 16.1. The van der Waals surface area contributed by atoms with Gasteiger partial charge in [-0.25, -0.2) is 0 Å². The van der Waals surface area contributed by atoms with Crippen molar-refractivity contribution in [2.24, 2.45) is 5.92 Å². The fraction of sp³-hybridized carbons (Fsp3) is 0.310. The second kappa shape index (κ2) is 8.68. The van der Waals surface area contributed by atoms with Crippen LogP contribution in [0.4, 0.5) is 0 Å². The molecule has 4 aromatic rings. The highest BCUT2D eigenvalue weighted by Crippen LogP contribution is 2.37. The van der Waals surface area contributed by atoms with E-state index in [0.717, 1.165) is 30.8 Å². The number of ether oxygens (including phenoxy) is 1. The largest absolute Gasteiger partial charge is 0.507 e. The minimum absolute atomic E-state index is 0.0623. The maximum Gasteiger partial charge on any atom is 0.250 e. The van der Waals surface area contributed by atoms with Gasteiger partial charge in [0.15, 0.2) is 0 Å².